The van der Waals surface area contributed by atoms with Crippen molar-refractivity contribution in [2.75, 3.05) is 5.32 Å². The van der Waals surface area contributed by atoms with Gasteiger partial charge in [0.15, 0.2) is 5.76 Å². The molecule has 1 heterocycles. The number of fused-ring (bicyclic) bond motifs is 1. The quantitative estimate of drug-likeness (QED) is 0.386. The van der Waals surface area contributed by atoms with E-state index in [1.807, 2.05) is 42.5 Å². The van der Waals surface area contributed by atoms with Gasteiger partial charge in [-0.05, 0) is 65.7 Å². The molecule has 0 unspecified atom stereocenters. The minimum Gasteiger partial charge on any atom is -0.486 e. The zero-order chi connectivity index (χ0) is 21.8. The second kappa shape index (κ2) is 8.87. The Kier molecular flexibility index (Phi) is 5.84. The van der Waals surface area contributed by atoms with Crippen molar-refractivity contribution in [3.63, 3.8) is 0 Å². The zero-order valence-corrected chi connectivity index (χ0v) is 16.6. The van der Waals surface area contributed by atoms with Crippen LogP contribution in [-0.2, 0) is 6.61 Å². The average molecular weight is 423 g/mol. The van der Waals surface area contributed by atoms with Gasteiger partial charge in [0.1, 0.15) is 23.9 Å². The number of alkyl halides is 2. The summed E-state index contributed by atoms with van der Waals surface area (Å²) in [4.78, 5) is 12.5. The predicted molar refractivity (Wildman–Crippen MR) is 113 cm³/mol. The third-order valence-corrected chi connectivity index (χ3v) is 4.66. The van der Waals surface area contributed by atoms with Crippen molar-refractivity contribution in [1.29, 1.82) is 0 Å². The summed E-state index contributed by atoms with van der Waals surface area (Å²) in [5.74, 6) is 0.877. The van der Waals surface area contributed by atoms with Gasteiger partial charge in [-0.2, -0.15) is 8.78 Å². The third-order valence-electron chi connectivity index (χ3n) is 4.66. The summed E-state index contributed by atoms with van der Waals surface area (Å²) in [5.41, 5.74) is 1.05. The number of hydrogen-bond acceptors (Lipinski definition) is 4. The first kappa shape index (κ1) is 20.4. The molecule has 0 saturated heterocycles. The van der Waals surface area contributed by atoms with E-state index in [9.17, 15) is 13.6 Å². The van der Waals surface area contributed by atoms with E-state index in [0.29, 0.717) is 22.8 Å². The van der Waals surface area contributed by atoms with Crippen molar-refractivity contribution in [2.24, 2.45) is 0 Å². The molecule has 0 aliphatic carbocycles. The van der Waals surface area contributed by atoms with Gasteiger partial charge in [0, 0.05) is 5.69 Å². The van der Waals surface area contributed by atoms with Crippen LogP contribution >= 0.6 is 0 Å². The summed E-state index contributed by atoms with van der Waals surface area (Å²) < 4.78 is 40.3. The summed E-state index contributed by atoms with van der Waals surface area (Å²) in [7, 11) is 0. The van der Waals surface area contributed by atoms with E-state index in [2.05, 4.69) is 10.1 Å². The minimum atomic E-state index is -2.90. The Morgan fingerprint density at radius 2 is 1.74 bits per heavy atom. The highest BCUT2D eigenvalue weighted by Gasteiger charge is 2.14. The lowest BCUT2D eigenvalue weighted by Gasteiger charge is -2.10. The summed E-state index contributed by atoms with van der Waals surface area (Å²) in [6, 6.07) is 21.3. The van der Waals surface area contributed by atoms with E-state index in [0.717, 1.165) is 10.8 Å². The molecule has 158 valence electrons. The van der Waals surface area contributed by atoms with Gasteiger partial charge in [-0.25, -0.2) is 0 Å². The molecule has 7 heteroatoms. The van der Waals surface area contributed by atoms with Crippen molar-refractivity contribution in [1.82, 2.24) is 0 Å². The number of furan rings is 1. The number of halogens is 2. The number of nitrogens with one attached hydrogen (secondary N) is 1. The van der Waals surface area contributed by atoms with Gasteiger partial charge in [-0.15, -0.1) is 0 Å². The fraction of sp³-hybridized carbons (Fsp3) is 0.125. The molecule has 31 heavy (non-hydrogen) atoms. The maximum Gasteiger partial charge on any atom is 0.387 e. The molecule has 1 amide bonds. The van der Waals surface area contributed by atoms with Crippen LogP contribution in [0.2, 0.25) is 0 Å². The Bertz CT molecular complexity index is 1220. The first-order valence-corrected chi connectivity index (χ1v) is 9.55. The van der Waals surface area contributed by atoms with Crippen LogP contribution in [0.3, 0.4) is 0 Å². The first-order chi connectivity index (χ1) is 15.0. The number of anilines is 1. The van der Waals surface area contributed by atoms with Crippen LogP contribution in [0.25, 0.3) is 10.8 Å². The smallest absolute Gasteiger partial charge is 0.387 e. The molecular weight excluding hydrogens is 404 g/mol. The van der Waals surface area contributed by atoms with Gasteiger partial charge in [-0.1, -0.05) is 30.3 Å². The Hall–Kier alpha value is -3.87. The monoisotopic (exact) mass is 423 g/mol. The van der Waals surface area contributed by atoms with Crippen molar-refractivity contribution in [2.45, 2.75) is 20.1 Å². The molecule has 1 aromatic heterocycles. The number of hydrogen-bond donors (Lipinski definition) is 1. The molecule has 5 nitrogen and oxygen atoms in total. The lowest BCUT2D eigenvalue weighted by atomic mass is 10.1. The van der Waals surface area contributed by atoms with Crippen LogP contribution in [0, 0.1) is 6.92 Å². The fourth-order valence-corrected chi connectivity index (χ4v) is 3.13. The number of carbonyl (C=O) groups is 1. The molecule has 0 fully saturated rings. The molecule has 0 bridgehead atoms. The van der Waals surface area contributed by atoms with Crippen LogP contribution in [0.15, 0.2) is 77.2 Å². The normalized spacial score (nSPS) is 11.0. The van der Waals surface area contributed by atoms with Gasteiger partial charge in [-0.3, -0.25) is 4.79 Å². The molecule has 0 aliphatic rings. The van der Waals surface area contributed by atoms with Crippen molar-refractivity contribution < 1.29 is 27.5 Å². The Balaban J connectivity index is 1.38. The summed E-state index contributed by atoms with van der Waals surface area (Å²) in [6.45, 7) is -1.05. The van der Waals surface area contributed by atoms with Crippen LogP contribution < -0.4 is 14.8 Å². The van der Waals surface area contributed by atoms with E-state index in [4.69, 9.17) is 9.15 Å². The zero-order valence-electron chi connectivity index (χ0n) is 16.6. The maximum atomic E-state index is 12.5. The molecule has 3 aromatic carbocycles. The molecule has 1 N–H and O–H groups in total. The molecule has 0 atom stereocenters. The van der Waals surface area contributed by atoms with E-state index in [1.165, 1.54) is 18.2 Å². The molecule has 0 radical (unpaired) electrons. The van der Waals surface area contributed by atoms with E-state index >= 15 is 0 Å². The standard InChI is InChI=1S/C24H19F2NO4/c1-15-12-19(31-24(25)26)8-10-21(15)27-23(28)22-11-9-20(30-22)14-29-18-7-6-16-4-2-3-5-17(16)13-18/h2-13,24H,14H2,1H3,(H,27,28). The maximum absolute atomic E-state index is 12.5. The molecular formula is C24H19F2NO4. The topological polar surface area (TPSA) is 60.7 Å². The highest BCUT2D eigenvalue weighted by molar-refractivity contribution is 6.02. The summed E-state index contributed by atoms with van der Waals surface area (Å²) in [6.07, 6.45) is 0. The van der Waals surface area contributed by atoms with Crippen LogP contribution in [-0.4, -0.2) is 12.5 Å². The van der Waals surface area contributed by atoms with Crippen molar-refractivity contribution in [3.8, 4) is 11.5 Å². The predicted octanol–water partition coefficient (Wildman–Crippen LogP) is 6.17. The first-order valence-electron chi connectivity index (χ1n) is 9.55. The third kappa shape index (κ3) is 5.01. The largest absolute Gasteiger partial charge is 0.486 e. The highest BCUT2D eigenvalue weighted by atomic mass is 19.3. The van der Waals surface area contributed by atoms with Crippen molar-refractivity contribution >= 4 is 22.4 Å². The number of aryl methyl sites for hydroxylation is 1. The van der Waals surface area contributed by atoms with Crippen LogP contribution in [0.5, 0.6) is 11.5 Å². The van der Waals surface area contributed by atoms with Gasteiger partial charge >= 0.3 is 6.61 Å². The number of rotatable bonds is 7. The Morgan fingerprint density at radius 1 is 0.968 bits per heavy atom. The number of carbonyl (C=O) groups excluding carboxylic acids is 1. The van der Waals surface area contributed by atoms with Crippen LogP contribution in [0.1, 0.15) is 21.9 Å². The van der Waals surface area contributed by atoms with E-state index in [-0.39, 0.29) is 18.1 Å². The van der Waals surface area contributed by atoms with Gasteiger partial charge in [0.25, 0.3) is 5.91 Å². The number of benzene rings is 3. The molecule has 4 aromatic rings. The lowest BCUT2D eigenvalue weighted by molar-refractivity contribution is -0.0498. The van der Waals surface area contributed by atoms with Crippen LogP contribution in [0.4, 0.5) is 14.5 Å². The van der Waals surface area contributed by atoms with Gasteiger partial charge in [0.05, 0.1) is 0 Å². The Labute approximate surface area is 177 Å². The second-order valence-corrected chi connectivity index (χ2v) is 6.87. The lowest BCUT2D eigenvalue weighted by Crippen LogP contribution is -2.12. The van der Waals surface area contributed by atoms with Gasteiger partial charge in [0.2, 0.25) is 0 Å². The molecule has 0 saturated carbocycles. The molecule has 0 aliphatic heterocycles. The van der Waals surface area contributed by atoms with E-state index in [1.54, 1.807) is 19.1 Å². The average Bonchev–Trinajstić information content (AvgIpc) is 3.23. The van der Waals surface area contributed by atoms with E-state index < -0.39 is 12.5 Å². The molecule has 0 spiro atoms. The SMILES string of the molecule is Cc1cc(OC(F)F)ccc1NC(=O)c1ccc(COc2ccc3ccccc3c2)o1. The van der Waals surface area contributed by atoms with Crippen molar-refractivity contribution in [3.05, 3.63) is 89.9 Å². The fourth-order valence-electron chi connectivity index (χ4n) is 3.13. The number of ether oxygens (including phenoxy) is 2. The highest BCUT2D eigenvalue weighted by Crippen LogP contribution is 2.24. The summed E-state index contributed by atoms with van der Waals surface area (Å²) >= 11 is 0. The summed E-state index contributed by atoms with van der Waals surface area (Å²) in [5, 5.41) is 4.89. The Morgan fingerprint density at radius 3 is 2.52 bits per heavy atom. The molecule has 4 rings (SSSR count). The number of amides is 1. The second-order valence-electron chi connectivity index (χ2n) is 6.87. The van der Waals surface area contributed by atoms with Gasteiger partial charge < -0.3 is 19.2 Å². The minimum absolute atomic E-state index is 0.0247.